The van der Waals surface area contributed by atoms with E-state index in [2.05, 4.69) is 18.0 Å². The number of thiazole rings is 2. The van der Waals surface area contributed by atoms with E-state index in [1.165, 1.54) is 16.9 Å². The molecule has 4 aromatic rings. The Morgan fingerprint density at radius 3 is 2.48 bits per heavy atom. The van der Waals surface area contributed by atoms with E-state index in [0.29, 0.717) is 11.4 Å². The molecule has 0 radical (unpaired) electrons. The number of amides is 1. The van der Waals surface area contributed by atoms with Gasteiger partial charge in [-0.05, 0) is 44.0 Å². The summed E-state index contributed by atoms with van der Waals surface area (Å²) < 4.78 is 1.09. The van der Waals surface area contributed by atoms with Gasteiger partial charge in [-0.2, -0.15) is 0 Å². The average Bonchev–Trinajstić information content (AvgIpc) is 3.22. The van der Waals surface area contributed by atoms with Gasteiger partial charge in [0.05, 0.1) is 27.5 Å². The maximum absolute atomic E-state index is 13.4. The van der Waals surface area contributed by atoms with Crippen molar-refractivity contribution in [2.24, 2.45) is 0 Å². The lowest BCUT2D eigenvalue weighted by molar-refractivity contribution is 0.0988. The Kier molecular flexibility index (Phi) is 4.76. The van der Waals surface area contributed by atoms with Gasteiger partial charge >= 0.3 is 0 Å². The molecule has 0 unspecified atom stereocenters. The second-order valence-corrected chi connectivity index (χ2v) is 8.70. The first-order valence-corrected chi connectivity index (χ1v) is 10.3. The summed E-state index contributed by atoms with van der Waals surface area (Å²) in [7, 11) is 0. The molecule has 0 N–H and O–H groups in total. The van der Waals surface area contributed by atoms with Crippen molar-refractivity contribution in [3.8, 4) is 0 Å². The van der Waals surface area contributed by atoms with Crippen LogP contribution in [-0.2, 0) is 6.54 Å². The molecule has 0 saturated heterocycles. The topological polar surface area (TPSA) is 46.1 Å². The molecular weight excluding hydrogens is 374 g/mol. The van der Waals surface area contributed by atoms with Crippen molar-refractivity contribution in [2.45, 2.75) is 27.3 Å². The lowest BCUT2D eigenvalue weighted by Gasteiger charge is -2.19. The number of fused-ring (bicyclic) bond motifs is 1. The fourth-order valence-electron chi connectivity index (χ4n) is 2.98. The molecule has 2 aromatic heterocycles. The van der Waals surface area contributed by atoms with Crippen molar-refractivity contribution in [3.05, 3.63) is 75.2 Å². The maximum Gasteiger partial charge on any atom is 0.272 e. The monoisotopic (exact) mass is 393 g/mol. The van der Waals surface area contributed by atoms with E-state index in [4.69, 9.17) is 4.98 Å². The van der Waals surface area contributed by atoms with E-state index in [1.807, 2.05) is 56.3 Å². The average molecular weight is 394 g/mol. The van der Waals surface area contributed by atoms with E-state index in [9.17, 15) is 4.79 Å². The van der Waals surface area contributed by atoms with Crippen LogP contribution in [0.25, 0.3) is 10.2 Å². The zero-order valence-electron chi connectivity index (χ0n) is 15.4. The van der Waals surface area contributed by atoms with Crippen molar-refractivity contribution in [3.63, 3.8) is 0 Å². The van der Waals surface area contributed by atoms with Gasteiger partial charge in [-0.1, -0.05) is 47.7 Å². The summed E-state index contributed by atoms with van der Waals surface area (Å²) in [4.78, 5) is 25.0. The molecule has 27 heavy (non-hydrogen) atoms. The highest BCUT2D eigenvalue weighted by molar-refractivity contribution is 7.22. The van der Waals surface area contributed by atoms with Crippen LogP contribution in [0.5, 0.6) is 0 Å². The van der Waals surface area contributed by atoms with Crippen LogP contribution in [0.2, 0.25) is 0 Å². The summed E-state index contributed by atoms with van der Waals surface area (Å²) >= 11 is 2.99. The normalized spacial score (nSPS) is 11.1. The van der Waals surface area contributed by atoms with Gasteiger partial charge in [0.25, 0.3) is 5.91 Å². The van der Waals surface area contributed by atoms with Crippen molar-refractivity contribution >= 4 is 43.9 Å². The molecule has 136 valence electrons. The molecule has 0 saturated carbocycles. The molecule has 2 aromatic carbocycles. The first-order chi connectivity index (χ1) is 13.0. The number of rotatable bonds is 4. The van der Waals surface area contributed by atoms with Crippen LogP contribution in [0.15, 0.2) is 48.5 Å². The number of benzene rings is 2. The SMILES string of the molecule is Cc1ccc2nc(N(Cc3ccccc3)C(=O)c3sc(C)nc3C)sc2c1. The molecule has 6 heteroatoms. The quantitative estimate of drug-likeness (QED) is 0.458. The van der Waals surface area contributed by atoms with Crippen LogP contribution < -0.4 is 4.90 Å². The third kappa shape index (κ3) is 3.63. The molecule has 1 amide bonds. The van der Waals surface area contributed by atoms with Crippen molar-refractivity contribution in [2.75, 3.05) is 4.90 Å². The van der Waals surface area contributed by atoms with Gasteiger partial charge in [0.1, 0.15) is 4.88 Å². The number of carbonyl (C=O) groups is 1. The molecule has 0 aliphatic carbocycles. The number of anilines is 1. The molecule has 0 bridgehead atoms. The van der Waals surface area contributed by atoms with Crippen LogP contribution in [-0.4, -0.2) is 15.9 Å². The maximum atomic E-state index is 13.4. The Morgan fingerprint density at radius 1 is 1.00 bits per heavy atom. The van der Waals surface area contributed by atoms with E-state index in [1.54, 1.807) is 16.2 Å². The fourth-order valence-corrected chi connectivity index (χ4v) is 4.91. The van der Waals surface area contributed by atoms with Crippen LogP contribution >= 0.6 is 22.7 Å². The molecule has 0 spiro atoms. The highest BCUT2D eigenvalue weighted by Crippen LogP contribution is 2.32. The largest absolute Gasteiger partial charge is 0.279 e. The summed E-state index contributed by atoms with van der Waals surface area (Å²) in [6, 6.07) is 16.2. The van der Waals surface area contributed by atoms with Crippen molar-refractivity contribution in [1.29, 1.82) is 0 Å². The minimum atomic E-state index is -0.0438. The standard InChI is InChI=1S/C21H19N3OS2/c1-13-9-10-17-18(11-13)27-21(23-17)24(12-16-7-5-4-6-8-16)20(25)19-14(2)22-15(3)26-19/h4-11H,12H2,1-3H3. The van der Waals surface area contributed by atoms with Crippen molar-refractivity contribution in [1.82, 2.24) is 9.97 Å². The van der Waals surface area contributed by atoms with Gasteiger partial charge in [0, 0.05) is 0 Å². The minimum Gasteiger partial charge on any atom is -0.279 e. The Balaban J connectivity index is 1.79. The molecule has 0 aliphatic rings. The molecule has 0 fully saturated rings. The lowest BCUT2D eigenvalue weighted by atomic mass is 10.2. The van der Waals surface area contributed by atoms with Crippen LogP contribution in [0, 0.1) is 20.8 Å². The highest BCUT2D eigenvalue weighted by atomic mass is 32.1. The third-order valence-corrected chi connectivity index (χ3v) is 6.39. The second kappa shape index (κ2) is 7.21. The van der Waals surface area contributed by atoms with Gasteiger partial charge in [0.15, 0.2) is 5.13 Å². The smallest absolute Gasteiger partial charge is 0.272 e. The van der Waals surface area contributed by atoms with E-state index in [0.717, 1.165) is 31.6 Å². The summed E-state index contributed by atoms with van der Waals surface area (Å²) in [6.45, 7) is 6.36. The van der Waals surface area contributed by atoms with Crippen LogP contribution in [0.3, 0.4) is 0 Å². The number of hydrogen-bond acceptors (Lipinski definition) is 5. The molecule has 4 rings (SSSR count). The number of hydrogen-bond donors (Lipinski definition) is 0. The molecule has 0 aliphatic heterocycles. The second-order valence-electron chi connectivity index (χ2n) is 6.49. The lowest BCUT2D eigenvalue weighted by Crippen LogP contribution is -2.30. The summed E-state index contributed by atoms with van der Waals surface area (Å²) in [5, 5.41) is 1.62. The van der Waals surface area contributed by atoms with Gasteiger partial charge in [-0.25, -0.2) is 9.97 Å². The highest BCUT2D eigenvalue weighted by Gasteiger charge is 2.25. The zero-order chi connectivity index (χ0) is 19.0. The Bertz CT molecular complexity index is 1120. The zero-order valence-corrected chi connectivity index (χ0v) is 17.0. The van der Waals surface area contributed by atoms with Gasteiger partial charge in [-0.15, -0.1) is 11.3 Å². The number of nitrogens with zero attached hydrogens (tertiary/aromatic N) is 3. The van der Waals surface area contributed by atoms with Gasteiger partial charge < -0.3 is 0 Å². The molecular formula is C21H19N3OS2. The Morgan fingerprint density at radius 2 is 1.78 bits per heavy atom. The molecule has 2 heterocycles. The third-order valence-electron chi connectivity index (χ3n) is 4.29. The van der Waals surface area contributed by atoms with E-state index >= 15 is 0 Å². The first kappa shape index (κ1) is 17.8. The van der Waals surface area contributed by atoms with Crippen LogP contribution in [0.4, 0.5) is 5.13 Å². The number of aryl methyl sites for hydroxylation is 3. The predicted molar refractivity (Wildman–Crippen MR) is 113 cm³/mol. The van der Waals surface area contributed by atoms with Crippen molar-refractivity contribution < 1.29 is 4.79 Å². The summed E-state index contributed by atoms with van der Waals surface area (Å²) in [6.07, 6.45) is 0. The number of carbonyl (C=O) groups excluding carboxylic acids is 1. The Hall–Kier alpha value is -2.57. The van der Waals surface area contributed by atoms with Crippen LogP contribution in [0.1, 0.15) is 31.5 Å². The first-order valence-electron chi connectivity index (χ1n) is 8.68. The Labute approximate surface area is 166 Å². The van der Waals surface area contributed by atoms with E-state index < -0.39 is 0 Å². The molecule has 0 atom stereocenters. The predicted octanol–water partition coefficient (Wildman–Crippen LogP) is 5.53. The van der Waals surface area contributed by atoms with Gasteiger partial charge in [-0.3, -0.25) is 9.69 Å². The minimum absolute atomic E-state index is 0.0438. The fraction of sp³-hybridized carbons (Fsp3) is 0.190. The summed E-state index contributed by atoms with van der Waals surface area (Å²) in [5.74, 6) is -0.0438. The van der Waals surface area contributed by atoms with E-state index in [-0.39, 0.29) is 5.91 Å². The molecule has 4 nitrogen and oxygen atoms in total. The van der Waals surface area contributed by atoms with Gasteiger partial charge in [0.2, 0.25) is 0 Å². The number of aromatic nitrogens is 2. The summed E-state index contributed by atoms with van der Waals surface area (Å²) in [5.41, 5.74) is 3.95.